The van der Waals surface area contributed by atoms with E-state index in [1.54, 1.807) is 7.11 Å². The summed E-state index contributed by atoms with van der Waals surface area (Å²) >= 11 is 0. The summed E-state index contributed by atoms with van der Waals surface area (Å²) in [7, 11) is 1.61. The van der Waals surface area contributed by atoms with Crippen LogP contribution in [0.1, 0.15) is 25.5 Å². The van der Waals surface area contributed by atoms with Crippen molar-refractivity contribution in [2.75, 3.05) is 20.3 Å². The maximum Gasteiger partial charge on any atom is 0.159 e. The molecule has 1 rings (SSSR count). The minimum Gasteiger partial charge on any atom is -0.387 e. The van der Waals surface area contributed by atoms with E-state index in [4.69, 9.17) is 4.74 Å². The molecule has 0 aliphatic carbocycles. The second-order valence-electron chi connectivity index (χ2n) is 4.90. The van der Waals surface area contributed by atoms with E-state index in [2.05, 4.69) is 5.32 Å². The normalized spacial score (nSPS) is 14.7. The number of benzene rings is 1. The maximum atomic E-state index is 13.1. The van der Waals surface area contributed by atoms with E-state index in [0.717, 1.165) is 12.1 Å². The van der Waals surface area contributed by atoms with E-state index in [1.165, 1.54) is 6.07 Å². The Bertz CT molecular complexity index is 399. The molecule has 0 saturated heterocycles. The molecule has 0 saturated carbocycles. The van der Waals surface area contributed by atoms with Gasteiger partial charge in [0.2, 0.25) is 0 Å². The smallest absolute Gasteiger partial charge is 0.159 e. The molecule has 5 heteroatoms. The zero-order valence-corrected chi connectivity index (χ0v) is 11.5. The molecule has 0 spiro atoms. The summed E-state index contributed by atoms with van der Waals surface area (Å²) in [5.74, 6) is -1.52. The average molecular weight is 273 g/mol. The predicted molar refractivity (Wildman–Crippen MR) is 69.8 cm³/mol. The fourth-order valence-electron chi connectivity index (χ4n) is 1.77. The Hall–Kier alpha value is -1.04. The van der Waals surface area contributed by atoms with E-state index in [0.29, 0.717) is 18.1 Å². The molecule has 2 N–H and O–H groups in total. The Balaban J connectivity index is 2.58. The Kier molecular flexibility index (Phi) is 6.34. The first kappa shape index (κ1) is 16.0. The number of hydrogen-bond donors (Lipinski definition) is 2. The Morgan fingerprint density at radius 2 is 1.95 bits per heavy atom. The van der Waals surface area contributed by atoms with Crippen molar-refractivity contribution in [3.8, 4) is 0 Å². The molecule has 108 valence electrons. The third-order valence-electron chi connectivity index (χ3n) is 3.05. The molecule has 1 aromatic carbocycles. The van der Waals surface area contributed by atoms with Gasteiger partial charge in [0.05, 0.1) is 12.7 Å². The number of ether oxygens (including phenoxy) is 1. The summed E-state index contributed by atoms with van der Waals surface area (Å²) in [5, 5.41) is 13.1. The third-order valence-corrected chi connectivity index (χ3v) is 3.05. The van der Waals surface area contributed by atoms with Gasteiger partial charge in [0.25, 0.3) is 0 Å². The van der Waals surface area contributed by atoms with Gasteiger partial charge >= 0.3 is 0 Å². The van der Waals surface area contributed by atoms with E-state index >= 15 is 0 Å². The molecule has 3 nitrogen and oxygen atoms in total. The lowest BCUT2D eigenvalue weighted by Gasteiger charge is -2.23. The van der Waals surface area contributed by atoms with Gasteiger partial charge in [0, 0.05) is 19.7 Å². The van der Waals surface area contributed by atoms with Crippen LogP contribution in [0.3, 0.4) is 0 Å². The molecule has 2 unspecified atom stereocenters. The molecule has 0 radical (unpaired) electrons. The summed E-state index contributed by atoms with van der Waals surface area (Å²) in [5.41, 5.74) is 0.353. The van der Waals surface area contributed by atoms with Gasteiger partial charge in [-0.15, -0.1) is 0 Å². The SMILES string of the molecule is COCC(NCC(O)c1ccc(F)c(F)c1)C(C)C. The standard InChI is InChI=1S/C14H21F2NO2/c1-9(2)13(8-19-3)17-7-14(18)10-4-5-11(15)12(16)6-10/h4-6,9,13-14,17-18H,7-8H2,1-3H3. The highest BCUT2D eigenvalue weighted by atomic mass is 19.2. The van der Waals surface area contributed by atoms with Gasteiger partial charge in [-0.2, -0.15) is 0 Å². The highest BCUT2D eigenvalue weighted by Crippen LogP contribution is 2.16. The molecular weight excluding hydrogens is 252 g/mol. The largest absolute Gasteiger partial charge is 0.387 e. The van der Waals surface area contributed by atoms with Crippen LogP contribution in [-0.4, -0.2) is 31.4 Å². The van der Waals surface area contributed by atoms with E-state index in [9.17, 15) is 13.9 Å². The van der Waals surface area contributed by atoms with E-state index in [1.807, 2.05) is 13.8 Å². The molecule has 0 heterocycles. The van der Waals surface area contributed by atoms with Crippen molar-refractivity contribution in [2.24, 2.45) is 5.92 Å². The lowest BCUT2D eigenvalue weighted by Crippen LogP contribution is -2.40. The van der Waals surface area contributed by atoms with Crippen molar-refractivity contribution in [3.05, 3.63) is 35.4 Å². The topological polar surface area (TPSA) is 41.5 Å². The number of aliphatic hydroxyl groups excluding tert-OH is 1. The van der Waals surface area contributed by atoms with Crippen LogP contribution in [0, 0.1) is 17.6 Å². The van der Waals surface area contributed by atoms with Crippen molar-refractivity contribution >= 4 is 0 Å². The average Bonchev–Trinajstić information content (AvgIpc) is 2.37. The summed E-state index contributed by atoms with van der Waals surface area (Å²) in [4.78, 5) is 0. The van der Waals surface area contributed by atoms with Gasteiger partial charge in [0.1, 0.15) is 0 Å². The highest BCUT2D eigenvalue weighted by Gasteiger charge is 2.16. The van der Waals surface area contributed by atoms with Crippen LogP contribution in [-0.2, 0) is 4.74 Å². The van der Waals surface area contributed by atoms with Gasteiger partial charge in [-0.1, -0.05) is 19.9 Å². The maximum absolute atomic E-state index is 13.1. The van der Waals surface area contributed by atoms with Gasteiger partial charge in [-0.3, -0.25) is 0 Å². The van der Waals surface area contributed by atoms with Gasteiger partial charge in [0.15, 0.2) is 11.6 Å². The van der Waals surface area contributed by atoms with Crippen LogP contribution in [0.5, 0.6) is 0 Å². The molecule has 19 heavy (non-hydrogen) atoms. The first-order valence-electron chi connectivity index (χ1n) is 6.31. The lowest BCUT2D eigenvalue weighted by atomic mass is 10.0. The number of rotatable bonds is 7. The molecule has 0 aliphatic heterocycles. The second-order valence-corrected chi connectivity index (χ2v) is 4.90. The molecule has 0 aromatic heterocycles. The zero-order chi connectivity index (χ0) is 14.4. The van der Waals surface area contributed by atoms with Crippen LogP contribution >= 0.6 is 0 Å². The lowest BCUT2D eigenvalue weighted by molar-refractivity contribution is 0.124. The van der Waals surface area contributed by atoms with Crippen LogP contribution < -0.4 is 5.32 Å². The zero-order valence-electron chi connectivity index (χ0n) is 11.5. The third kappa shape index (κ3) is 4.86. The minimum atomic E-state index is -0.950. The van der Waals surface area contributed by atoms with Crippen molar-refractivity contribution in [1.82, 2.24) is 5.32 Å². The van der Waals surface area contributed by atoms with E-state index in [-0.39, 0.29) is 12.6 Å². The first-order valence-corrected chi connectivity index (χ1v) is 6.31. The van der Waals surface area contributed by atoms with Crippen LogP contribution in [0.4, 0.5) is 8.78 Å². The molecule has 0 aliphatic rings. The van der Waals surface area contributed by atoms with Crippen LogP contribution in [0.25, 0.3) is 0 Å². The van der Waals surface area contributed by atoms with Crippen molar-refractivity contribution in [3.63, 3.8) is 0 Å². The fourth-order valence-corrected chi connectivity index (χ4v) is 1.77. The molecule has 0 fully saturated rings. The summed E-state index contributed by atoms with van der Waals surface area (Å²) in [6, 6.07) is 3.52. The molecular formula is C14H21F2NO2. The number of methoxy groups -OCH3 is 1. The number of aliphatic hydroxyl groups is 1. The fraction of sp³-hybridized carbons (Fsp3) is 0.571. The quantitative estimate of drug-likeness (QED) is 0.800. The second kappa shape index (κ2) is 7.53. The minimum absolute atomic E-state index is 0.102. The molecule has 0 amide bonds. The number of hydrogen-bond acceptors (Lipinski definition) is 3. The number of nitrogens with one attached hydrogen (secondary N) is 1. The van der Waals surface area contributed by atoms with Crippen LogP contribution in [0.15, 0.2) is 18.2 Å². The van der Waals surface area contributed by atoms with Crippen molar-refractivity contribution < 1.29 is 18.6 Å². The summed E-state index contributed by atoms with van der Waals surface area (Å²) in [6.07, 6.45) is -0.881. The Labute approximate surface area is 112 Å². The predicted octanol–water partition coefficient (Wildman–Crippen LogP) is 2.26. The first-order chi connectivity index (χ1) is 8.95. The number of halogens is 2. The van der Waals surface area contributed by atoms with Crippen LogP contribution in [0.2, 0.25) is 0 Å². The molecule has 1 aromatic rings. The van der Waals surface area contributed by atoms with Gasteiger partial charge < -0.3 is 15.2 Å². The summed E-state index contributed by atoms with van der Waals surface area (Å²) in [6.45, 7) is 4.88. The Morgan fingerprint density at radius 3 is 2.47 bits per heavy atom. The Morgan fingerprint density at radius 1 is 1.26 bits per heavy atom. The molecule has 2 atom stereocenters. The van der Waals surface area contributed by atoms with Gasteiger partial charge in [-0.25, -0.2) is 8.78 Å². The highest BCUT2D eigenvalue weighted by molar-refractivity contribution is 5.20. The summed E-state index contributed by atoms with van der Waals surface area (Å²) < 4.78 is 30.9. The monoisotopic (exact) mass is 273 g/mol. The molecule has 0 bridgehead atoms. The van der Waals surface area contributed by atoms with E-state index < -0.39 is 17.7 Å². The van der Waals surface area contributed by atoms with Crippen molar-refractivity contribution in [1.29, 1.82) is 0 Å². The van der Waals surface area contributed by atoms with Crippen molar-refractivity contribution in [2.45, 2.75) is 26.0 Å². The van der Waals surface area contributed by atoms with Gasteiger partial charge in [-0.05, 0) is 23.6 Å².